The first kappa shape index (κ1) is 23.8. The van der Waals surface area contributed by atoms with E-state index in [0.717, 1.165) is 44.5 Å². The van der Waals surface area contributed by atoms with E-state index in [1.54, 1.807) is 28.8 Å². The minimum atomic E-state index is -0.631. The van der Waals surface area contributed by atoms with Gasteiger partial charge in [0.25, 0.3) is 5.91 Å². The number of benzene rings is 2. The molecule has 1 unspecified atom stereocenters. The van der Waals surface area contributed by atoms with Crippen molar-refractivity contribution in [3.05, 3.63) is 59.5 Å². The van der Waals surface area contributed by atoms with E-state index in [-0.39, 0.29) is 23.2 Å². The summed E-state index contributed by atoms with van der Waals surface area (Å²) < 4.78 is 21.9. The lowest BCUT2D eigenvalue weighted by Crippen LogP contribution is -2.45. The number of piperidine rings is 1. The van der Waals surface area contributed by atoms with Crippen LogP contribution in [0.1, 0.15) is 41.7 Å². The number of methoxy groups -OCH3 is 1. The minimum Gasteiger partial charge on any atom is -0.494 e. The Bertz CT molecular complexity index is 1320. The molecule has 3 heterocycles. The van der Waals surface area contributed by atoms with Crippen molar-refractivity contribution in [3.63, 3.8) is 0 Å². The van der Waals surface area contributed by atoms with Crippen LogP contribution in [0.3, 0.4) is 0 Å². The molecular weight excluding hydrogens is 459 g/mol. The molecule has 0 radical (unpaired) electrons. The van der Waals surface area contributed by atoms with Crippen molar-refractivity contribution < 1.29 is 13.9 Å². The van der Waals surface area contributed by atoms with E-state index in [2.05, 4.69) is 10.00 Å². The summed E-state index contributed by atoms with van der Waals surface area (Å²) in [5.74, 6) is -0.252. The molecule has 0 aliphatic carbocycles. The lowest BCUT2D eigenvalue weighted by molar-refractivity contribution is 0.0702. The molecule has 36 heavy (non-hydrogen) atoms. The zero-order valence-electron chi connectivity index (χ0n) is 20.3. The van der Waals surface area contributed by atoms with Crippen LogP contribution in [-0.4, -0.2) is 59.9 Å². The Morgan fingerprint density at radius 2 is 1.94 bits per heavy atom. The van der Waals surface area contributed by atoms with E-state index in [4.69, 9.17) is 15.7 Å². The van der Waals surface area contributed by atoms with Gasteiger partial charge in [-0.25, -0.2) is 9.07 Å². The number of halogens is 1. The van der Waals surface area contributed by atoms with Crippen LogP contribution >= 0.6 is 0 Å². The summed E-state index contributed by atoms with van der Waals surface area (Å²) in [5.41, 5.74) is 9.01. The SMILES string of the molecule is COc1cc(N2CCCC2)ccc1-n1nc(C(=O)N2CCCC(N)C2)cc1-c1ccc(C#N)c(F)c1. The topological polar surface area (TPSA) is 100 Å². The molecule has 5 rings (SSSR count). The van der Waals surface area contributed by atoms with Gasteiger partial charge in [0.15, 0.2) is 5.69 Å². The number of aromatic nitrogens is 2. The largest absolute Gasteiger partial charge is 0.494 e. The van der Waals surface area contributed by atoms with E-state index in [1.807, 2.05) is 24.3 Å². The van der Waals surface area contributed by atoms with Crippen LogP contribution in [-0.2, 0) is 0 Å². The van der Waals surface area contributed by atoms with Gasteiger partial charge >= 0.3 is 0 Å². The Kier molecular flexibility index (Phi) is 6.61. The molecular formula is C27H29FN6O2. The second kappa shape index (κ2) is 9.99. The maximum Gasteiger partial charge on any atom is 0.274 e. The Labute approximate surface area is 209 Å². The number of carbonyl (C=O) groups excluding carboxylic acids is 1. The fraction of sp³-hybridized carbons (Fsp3) is 0.370. The number of anilines is 1. The predicted octanol–water partition coefficient (Wildman–Crippen LogP) is 3.72. The third-order valence-corrected chi connectivity index (χ3v) is 6.92. The number of nitrogens with two attached hydrogens (primary N) is 1. The molecule has 2 aliphatic rings. The molecule has 2 aromatic carbocycles. The average molecular weight is 489 g/mol. The summed E-state index contributed by atoms with van der Waals surface area (Å²) >= 11 is 0. The molecule has 9 heteroatoms. The Hall–Kier alpha value is -3.90. The van der Waals surface area contributed by atoms with E-state index in [9.17, 15) is 9.18 Å². The summed E-state index contributed by atoms with van der Waals surface area (Å²) in [6.07, 6.45) is 4.04. The molecule has 1 atom stereocenters. The fourth-order valence-corrected chi connectivity index (χ4v) is 5.01. The molecule has 0 spiro atoms. The zero-order chi connectivity index (χ0) is 25.2. The number of nitrogens with zero attached hydrogens (tertiary/aromatic N) is 5. The van der Waals surface area contributed by atoms with Crippen LogP contribution in [0.2, 0.25) is 0 Å². The van der Waals surface area contributed by atoms with Gasteiger partial charge in [-0.1, -0.05) is 6.07 Å². The third kappa shape index (κ3) is 4.52. The molecule has 186 valence electrons. The van der Waals surface area contributed by atoms with Crippen LogP contribution in [0.25, 0.3) is 16.9 Å². The minimum absolute atomic E-state index is 0.0454. The smallest absolute Gasteiger partial charge is 0.274 e. The van der Waals surface area contributed by atoms with Crippen LogP contribution in [0, 0.1) is 17.1 Å². The van der Waals surface area contributed by atoms with Crippen molar-refractivity contribution in [3.8, 4) is 28.8 Å². The van der Waals surface area contributed by atoms with Crippen LogP contribution in [0.5, 0.6) is 5.75 Å². The monoisotopic (exact) mass is 488 g/mol. The highest BCUT2D eigenvalue weighted by molar-refractivity contribution is 5.94. The van der Waals surface area contributed by atoms with Gasteiger partial charge in [-0.2, -0.15) is 10.4 Å². The molecule has 0 saturated carbocycles. The first-order valence-electron chi connectivity index (χ1n) is 12.3. The van der Waals surface area contributed by atoms with Crippen molar-refractivity contribution in [1.82, 2.24) is 14.7 Å². The summed E-state index contributed by atoms with van der Waals surface area (Å²) in [4.78, 5) is 17.4. The zero-order valence-corrected chi connectivity index (χ0v) is 20.3. The number of rotatable bonds is 5. The highest BCUT2D eigenvalue weighted by Gasteiger charge is 2.27. The van der Waals surface area contributed by atoms with Gasteiger partial charge in [-0.05, 0) is 56.0 Å². The quantitative estimate of drug-likeness (QED) is 0.588. The molecule has 8 nitrogen and oxygen atoms in total. The predicted molar refractivity (Wildman–Crippen MR) is 135 cm³/mol. The number of hydrogen-bond acceptors (Lipinski definition) is 6. The van der Waals surface area contributed by atoms with Crippen LogP contribution < -0.4 is 15.4 Å². The van der Waals surface area contributed by atoms with E-state index in [0.29, 0.717) is 35.8 Å². The van der Waals surface area contributed by atoms with Crippen molar-refractivity contribution in [2.45, 2.75) is 31.7 Å². The molecule has 1 aromatic heterocycles. The first-order valence-corrected chi connectivity index (χ1v) is 12.3. The lowest BCUT2D eigenvalue weighted by Gasteiger charge is -2.30. The molecule has 2 fully saturated rings. The van der Waals surface area contributed by atoms with Gasteiger partial charge in [0.2, 0.25) is 0 Å². The summed E-state index contributed by atoms with van der Waals surface area (Å²) in [7, 11) is 1.60. The fourth-order valence-electron chi connectivity index (χ4n) is 5.01. The molecule has 3 aromatic rings. The van der Waals surface area contributed by atoms with E-state index >= 15 is 0 Å². The second-order valence-corrected chi connectivity index (χ2v) is 9.34. The first-order chi connectivity index (χ1) is 17.5. The highest BCUT2D eigenvalue weighted by atomic mass is 19.1. The van der Waals surface area contributed by atoms with Crippen molar-refractivity contribution >= 4 is 11.6 Å². The number of carbonyl (C=O) groups is 1. The van der Waals surface area contributed by atoms with Gasteiger partial charge in [-0.3, -0.25) is 4.79 Å². The number of nitriles is 1. The second-order valence-electron chi connectivity index (χ2n) is 9.34. The maximum atomic E-state index is 14.6. The molecule has 1 amide bonds. The van der Waals surface area contributed by atoms with Crippen molar-refractivity contribution in [2.75, 3.05) is 38.2 Å². The van der Waals surface area contributed by atoms with Crippen LogP contribution in [0.4, 0.5) is 10.1 Å². The van der Waals surface area contributed by atoms with Gasteiger partial charge in [0, 0.05) is 49.5 Å². The summed E-state index contributed by atoms with van der Waals surface area (Å²) in [6, 6.07) is 13.7. The summed E-state index contributed by atoms with van der Waals surface area (Å²) in [6.45, 7) is 3.09. The number of hydrogen-bond donors (Lipinski definition) is 1. The van der Waals surface area contributed by atoms with Gasteiger partial charge in [0.1, 0.15) is 23.3 Å². The van der Waals surface area contributed by atoms with E-state index in [1.165, 1.54) is 12.1 Å². The third-order valence-electron chi connectivity index (χ3n) is 6.92. The molecule has 2 saturated heterocycles. The molecule has 2 N–H and O–H groups in total. The van der Waals surface area contributed by atoms with Gasteiger partial charge in [-0.15, -0.1) is 0 Å². The van der Waals surface area contributed by atoms with Crippen molar-refractivity contribution in [2.24, 2.45) is 5.73 Å². The van der Waals surface area contributed by atoms with Crippen LogP contribution in [0.15, 0.2) is 42.5 Å². The Morgan fingerprint density at radius 3 is 2.64 bits per heavy atom. The Balaban J connectivity index is 1.60. The standard InChI is InChI=1S/C27H29FN6O2/c1-36-26-14-21(32-10-2-3-11-32)8-9-24(26)34-25(18-6-7-19(16-29)22(28)13-18)15-23(31-34)27(35)33-12-4-5-20(30)17-33/h6-9,13-15,20H,2-5,10-12,17,30H2,1H3. The number of amides is 1. The van der Waals surface area contributed by atoms with Gasteiger partial charge < -0.3 is 20.3 Å². The maximum absolute atomic E-state index is 14.6. The Morgan fingerprint density at radius 1 is 1.14 bits per heavy atom. The average Bonchev–Trinajstić information content (AvgIpc) is 3.59. The van der Waals surface area contributed by atoms with E-state index < -0.39 is 5.82 Å². The van der Waals surface area contributed by atoms with Gasteiger partial charge in [0.05, 0.1) is 18.4 Å². The number of likely N-dealkylation sites (tertiary alicyclic amines) is 1. The van der Waals surface area contributed by atoms with Crippen molar-refractivity contribution in [1.29, 1.82) is 5.26 Å². The lowest BCUT2D eigenvalue weighted by atomic mass is 10.1. The number of ether oxygens (including phenoxy) is 1. The summed E-state index contributed by atoms with van der Waals surface area (Å²) in [5, 5.41) is 13.8. The normalized spacial score (nSPS) is 17.8. The molecule has 0 bridgehead atoms. The molecule has 2 aliphatic heterocycles. The highest BCUT2D eigenvalue weighted by Crippen LogP contribution is 2.34.